The molecule has 1 rings (SSSR count). The van der Waals surface area contributed by atoms with Crippen LogP contribution in [0.15, 0.2) is 0 Å². The molecule has 0 amide bonds. The molecular formula is C9H3Cl4I2N2V-. The number of rotatable bonds is 0. The van der Waals surface area contributed by atoms with Crippen molar-refractivity contribution in [2.45, 2.75) is 0 Å². The van der Waals surface area contributed by atoms with Crippen molar-refractivity contribution < 1.29 is 9.47 Å². The van der Waals surface area contributed by atoms with Gasteiger partial charge in [0.1, 0.15) is 12.1 Å². The Morgan fingerprint density at radius 3 is 1.28 bits per heavy atom. The van der Waals surface area contributed by atoms with Crippen molar-refractivity contribution in [2.75, 3.05) is 0 Å². The van der Waals surface area contributed by atoms with Gasteiger partial charge in [0.2, 0.25) is 0 Å². The molecule has 0 heterocycles. The van der Waals surface area contributed by atoms with Gasteiger partial charge in [-0.3, -0.25) is 0 Å². The second kappa shape index (κ2) is 11.1. The van der Waals surface area contributed by atoms with E-state index in [1.54, 1.807) is 12.1 Å². The van der Waals surface area contributed by atoms with Crippen molar-refractivity contribution in [2.24, 2.45) is 0 Å². The zero-order valence-corrected chi connectivity index (χ0v) is 17.3. The maximum atomic E-state index is 8.70. The molecule has 0 saturated heterocycles. The van der Waals surface area contributed by atoms with Crippen LogP contribution >= 0.6 is 86.4 Å². The molecule has 0 fully saturated rings. The SMILES string of the molecule is N#Cc1c(Cl)c(Cl)c(Cl)c(C#N)c1Cl.[CH3-].[I][V][I]. The molecule has 0 aliphatic heterocycles. The van der Waals surface area contributed by atoms with Gasteiger partial charge in [0.05, 0.1) is 31.2 Å². The van der Waals surface area contributed by atoms with E-state index in [0.29, 0.717) is 9.47 Å². The van der Waals surface area contributed by atoms with Gasteiger partial charge in [0.25, 0.3) is 0 Å². The molecule has 0 unspecified atom stereocenters. The number of benzene rings is 1. The van der Waals surface area contributed by atoms with Crippen molar-refractivity contribution in [3.05, 3.63) is 38.6 Å². The van der Waals surface area contributed by atoms with E-state index in [0.717, 1.165) is 0 Å². The quantitative estimate of drug-likeness (QED) is 0.156. The van der Waals surface area contributed by atoms with Crippen molar-refractivity contribution in [1.29, 1.82) is 10.5 Å². The monoisotopic (exact) mass is 584 g/mol. The van der Waals surface area contributed by atoms with Crippen LogP contribution in [0.3, 0.4) is 0 Å². The van der Waals surface area contributed by atoms with Crippen LogP contribution in [0.25, 0.3) is 0 Å². The van der Waals surface area contributed by atoms with Crippen LogP contribution in [0.2, 0.25) is 20.1 Å². The minimum atomic E-state index is -0.0746. The Labute approximate surface area is 155 Å². The molecule has 0 aromatic heterocycles. The summed E-state index contributed by atoms with van der Waals surface area (Å²) in [5.74, 6) is 0. The third-order valence-corrected chi connectivity index (χ3v) is 3.19. The molecule has 0 radical (unpaired) electrons. The second-order valence-electron chi connectivity index (χ2n) is 2.29. The summed E-state index contributed by atoms with van der Waals surface area (Å²) in [4.78, 5) is 0. The molecule has 1 aromatic carbocycles. The van der Waals surface area contributed by atoms with Gasteiger partial charge in [0.15, 0.2) is 0 Å². The molecule has 18 heavy (non-hydrogen) atoms. The topological polar surface area (TPSA) is 47.6 Å². The molecule has 0 aliphatic rings. The van der Waals surface area contributed by atoms with E-state index < -0.39 is 0 Å². The fraction of sp³-hybridized carbons (Fsp3) is 0. The van der Waals surface area contributed by atoms with Crippen molar-refractivity contribution in [3.8, 4) is 12.1 Å². The zero-order chi connectivity index (χ0) is 13.6. The predicted molar refractivity (Wildman–Crippen MR) is 90.4 cm³/mol. The predicted octanol–water partition coefficient (Wildman–Crippen LogP) is 6.26. The Morgan fingerprint density at radius 1 is 0.778 bits per heavy atom. The van der Waals surface area contributed by atoms with E-state index in [1.807, 2.05) is 0 Å². The molecule has 97 valence electrons. The first-order chi connectivity index (χ1) is 7.95. The Morgan fingerprint density at radius 2 is 1.06 bits per heavy atom. The summed E-state index contributed by atoms with van der Waals surface area (Å²) in [6.45, 7) is 0. The van der Waals surface area contributed by atoms with Crippen LogP contribution in [0.1, 0.15) is 11.1 Å². The Bertz CT molecular complexity index is 470. The van der Waals surface area contributed by atoms with E-state index in [-0.39, 0.29) is 38.6 Å². The van der Waals surface area contributed by atoms with E-state index in [2.05, 4.69) is 40.0 Å². The normalized spacial score (nSPS) is 8.00. The average molecular weight is 586 g/mol. The number of nitrogens with zero attached hydrogens (tertiary/aromatic N) is 2. The van der Waals surface area contributed by atoms with Gasteiger partial charge in [-0.2, -0.15) is 10.5 Å². The summed E-state index contributed by atoms with van der Waals surface area (Å²) >= 11 is 27.5. The third kappa shape index (κ3) is 5.42. The first kappa shape index (κ1) is 21.7. The summed E-state index contributed by atoms with van der Waals surface area (Å²) in [6.07, 6.45) is 0. The fourth-order valence-electron chi connectivity index (χ4n) is 0.830. The number of hydrogen-bond donors (Lipinski definition) is 0. The molecule has 0 saturated carbocycles. The first-order valence-electron chi connectivity index (χ1n) is 3.54. The fourth-order valence-corrected chi connectivity index (χ4v) is 1.90. The molecule has 0 spiro atoms. The molecule has 9 heteroatoms. The van der Waals surface area contributed by atoms with Gasteiger partial charge >= 0.3 is 49.4 Å². The summed E-state index contributed by atoms with van der Waals surface area (Å²) in [5, 5.41) is 17.2. The van der Waals surface area contributed by atoms with E-state index >= 15 is 0 Å². The van der Waals surface area contributed by atoms with Crippen LogP contribution in [-0.4, -0.2) is 0 Å². The Hall–Kier alpha value is 1.40. The number of halogens is 6. The zero-order valence-electron chi connectivity index (χ0n) is 8.61. The van der Waals surface area contributed by atoms with Gasteiger partial charge in [-0.25, -0.2) is 0 Å². The van der Waals surface area contributed by atoms with Crippen LogP contribution in [0.4, 0.5) is 0 Å². The van der Waals surface area contributed by atoms with Crippen LogP contribution in [0.5, 0.6) is 0 Å². The molecule has 2 nitrogen and oxygen atoms in total. The average Bonchev–Trinajstić information content (AvgIpc) is 2.29. The van der Waals surface area contributed by atoms with Crippen molar-refractivity contribution in [3.63, 3.8) is 0 Å². The molecule has 0 N–H and O–H groups in total. The van der Waals surface area contributed by atoms with E-state index in [4.69, 9.17) is 56.9 Å². The van der Waals surface area contributed by atoms with Gasteiger partial charge in [-0.05, 0) is 0 Å². The molecule has 1 aromatic rings. The van der Waals surface area contributed by atoms with Gasteiger partial charge in [-0.15, -0.1) is 0 Å². The minimum absolute atomic E-state index is 0. The van der Waals surface area contributed by atoms with Gasteiger partial charge < -0.3 is 7.43 Å². The van der Waals surface area contributed by atoms with Crippen molar-refractivity contribution >= 4 is 86.4 Å². The first-order valence-corrected chi connectivity index (χ1v) is 14.1. The molecule has 0 bridgehead atoms. The maximum absolute atomic E-state index is 8.70. The molecule has 0 aliphatic carbocycles. The third-order valence-electron chi connectivity index (χ3n) is 1.49. The van der Waals surface area contributed by atoms with Crippen LogP contribution < -0.4 is 0 Å². The number of nitriles is 2. The van der Waals surface area contributed by atoms with Crippen molar-refractivity contribution in [1.82, 2.24) is 0 Å². The number of hydrogen-bond acceptors (Lipinski definition) is 2. The standard InChI is InChI=1S/C8Cl4N2.CH3.2HI.V/c9-5-3(1-13)6(10)8(12)7(11)4(5)2-14;;;;/h;1H3;2*1H;/q;-1;;;+2/p-2. The Kier molecular flexibility index (Phi) is 13.4. The summed E-state index contributed by atoms with van der Waals surface area (Å²) < 4.78 is 0. The summed E-state index contributed by atoms with van der Waals surface area (Å²) in [5.41, 5.74) is -0.0847. The summed E-state index contributed by atoms with van der Waals surface area (Å²) in [6, 6.07) is 3.50. The Balaban J connectivity index is 0. The second-order valence-corrected chi connectivity index (χ2v) is 15.6. The van der Waals surface area contributed by atoms with E-state index in [9.17, 15) is 0 Å². The van der Waals surface area contributed by atoms with Crippen LogP contribution in [-0.2, 0) is 9.47 Å². The van der Waals surface area contributed by atoms with Gasteiger partial charge in [-0.1, -0.05) is 46.4 Å². The molecule has 0 atom stereocenters. The van der Waals surface area contributed by atoms with Gasteiger partial charge in [0, 0.05) is 0 Å². The molecular weight excluding hydrogens is 583 g/mol. The van der Waals surface area contributed by atoms with E-state index in [1.165, 1.54) is 0 Å². The van der Waals surface area contributed by atoms with Crippen LogP contribution in [0, 0.1) is 30.1 Å². The summed E-state index contributed by atoms with van der Waals surface area (Å²) in [7, 11) is 0.628.